The highest BCUT2D eigenvalue weighted by Crippen LogP contribution is 2.25. The van der Waals surface area contributed by atoms with Crippen LogP contribution in [0.5, 0.6) is 0 Å². The van der Waals surface area contributed by atoms with Gasteiger partial charge < -0.3 is 10.2 Å². The number of carbonyl (C=O) groups excluding carboxylic acids is 2. The predicted molar refractivity (Wildman–Crippen MR) is 70.5 cm³/mol. The van der Waals surface area contributed by atoms with E-state index in [1.165, 1.54) is 0 Å². The van der Waals surface area contributed by atoms with Gasteiger partial charge >= 0.3 is 0 Å². The van der Waals surface area contributed by atoms with Gasteiger partial charge in [0.05, 0.1) is 0 Å². The Bertz CT molecular complexity index is 479. The molecule has 0 bridgehead atoms. The molecule has 18 heavy (non-hydrogen) atoms. The molecule has 0 saturated carbocycles. The van der Waals surface area contributed by atoms with Crippen molar-refractivity contribution in [3.05, 3.63) is 42.5 Å². The van der Waals surface area contributed by atoms with Gasteiger partial charge in [0.25, 0.3) is 5.91 Å². The number of carbonyl (C=O) groups is 2. The Hall–Kier alpha value is -2.10. The standard InChI is InChI=1S/C14H16N2O2/c1-3-10-8-13(17)16(9-10)12-6-4-11(5-7-12)14(18)15-2/h3-7,10H,1,8-9H2,2H3,(H,15,18). The summed E-state index contributed by atoms with van der Waals surface area (Å²) in [5, 5.41) is 2.56. The number of nitrogens with zero attached hydrogens (tertiary/aromatic N) is 1. The first-order valence-electron chi connectivity index (χ1n) is 5.90. The van der Waals surface area contributed by atoms with Gasteiger partial charge in [0, 0.05) is 37.2 Å². The van der Waals surface area contributed by atoms with Crippen molar-refractivity contribution < 1.29 is 9.59 Å². The summed E-state index contributed by atoms with van der Waals surface area (Å²) in [5.74, 6) is 0.196. The van der Waals surface area contributed by atoms with Crippen LogP contribution in [0.15, 0.2) is 36.9 Å². The largest absolute Gasteiger partial charge is 0.355 e. The van der Waals surface area contributed by atoms with E-state index in [1.807, 2.05) is 6.08 Å². The van der Waals surface area contributed by atoms with Crippen LogP contribution in [-0.2, 0) is 4.79 Å². The predicted octanol–water partition coefficient (Wildman–Crippen LogP) is 1.59. The number of hydrogen-bond acceptors (Lipinski definition) is 2. The fourth-order valence-electron chi connectivity index (χ4n) is 2.08. The van der Waals surface area contributed by atoms with Gasteiger partial charge in [-0.2, -0.15) is 0 Å². The molecule has 0 aliphatic carbocycles. The third-order valence-corrected chi connectivity index (χ3v) is 3.16. The molecule has 1 aromatic rings. The van der Waals surface area contributed by atoms with Crippen LogP contribution in [0.25, 0.3) is 0 Å². The second-order valence-corrected chi connectivity index (χ2v) is 4.33. The van der Waals surface area contributed by atoms with Crippen LogP contribution in [0.1, 0.15) is 16.8 Å². The van der Waals surface area contributed by atoms with Gasteiger partial charge in [-0.05, 0) is 24.3 Å². The molecule has 4 heteroatoms. The normalized spacial score (nSPS) is 18.8. The van der Waals surface area contributed by atoms with Gasteiger partial charge in [-0.15, -0.1) is 6.58 Å². The van der Waals surface area contributed by atoms with Crippen LogP contribution in [-0.4, -0.2) is 25.4 Å². The quantitative estimate of drug-likeness (QED) is 0.821. The zero-order valence-electron chi connectivity index (χ0n) is 10.3. The molecule has 1 N–H and O–H groups in total. The SMILES string of the molecule is C=CC1CC(=O)N(c2ccc(C(=O)NC)cc2)C1. The maximum Gasteiger partial charge on any atom is 0.251 e. The average molecular weight is 244 g/mol. The molecule has 1 atom stereocenters. The van der Waals surface area contributed by atoms with E-state index >= 15 is 0 Å². The number of amides is 2. The van der Waals surface area contributed by atoms with Gasteiger partial charge in [0.2, 0.25) is 5.91 Å². The summed E-state index contributed by atoms with van der Waals surface area (Å²) in [7, 11) is 1.59. The molecule has 4 nitrogen and oxygen atoms in total. The minimum absolute atomic E-state index is 0.104. The fraction of sp³-hybridized carbons (Fsp3) is 0.286. The summed E-state index contributed by atoms with van der Waals surface area (Å²) in [4.78, 5) is 25.0. The van der Waals surface area contributed by atoms with Gasteiger partial charge in [-0.3, -0.25) is 9.59 Å². The molecule has 0 radical (unpaired) electrons. The highest BCUT2D eigenvalue weighted by atomic mass is 16.2. The van der Waals surface area contributed by atoms with Gasteiger partial charge in [-0.1, -0.05) is 6.08 Å². The second kappa shape index (κ2) is 5.04. The second-order valence-electron chi connectivity index (χ2n) is 4.33. The molecule has 1 saturated heterocycles. The Morgan fingerprint density at radius 3 is 2.61 bits per heavy atom. The number of nitrogens with one attached hydrogen (secondary N) is 1. The van der Waals surface area contributed by atoms with Crippen LogP contribution >= 0.6 is 0 Å². The van der Waals surface area contributed by atoms with Gasteiger partial charge in [0.15, 0.2) is 0 Å². The first-order valence-corrected chi connectivity index (χ1v) is 5.90. The van der Waals surface area contributed by atoms with E-state index in [4.69, 9.17) is 0 Å². The summed E-state index contributed by atoms with van der Waals surface area (Å²) in [5.41, 5.74) is 1.42. The number of rotatable bonds is 3. The molecular formula is C14H16N2O2. The summed E-state index contributed by atoms with van der Waals surface area (Å²) >= 11 is 0. The Morgan fingerprint density at radius 2 is 2.11 bits per heavy atom. The number of anilines is 1. The molecule has 0 spiro atoms. The van der Waals surface area contributed by atoms with Gasteiger partial charge in [0.1, 0.15) is 0 Å². The van der Waals surface area contributed by atoms with E-state index in [1.54, 1.807) is 36.2 Å². The van der Waals surface area contributed by atoms with Crippen LogP contribution in [0.4, 0.5) is 5.69 Å². The molecule has 0 aromatic heterocycles. The Labute approximate surface area is 106 Å². The molecule has 1 heterocycles. The molecular weight excluding hydrogens is 228 g/mol. The average Bonchev–Trinajstić information content (AvgIpc) is 2.79. The van der Waals surface area contributed by atoms with E-state index in [9.17, 15) is 9.59 Å². The molecule has 2 rings (SSSR count). The molecule has 94 valence electrons. The summed E-state index contributed by atoms with van der Waals surface area (Å²) in [6.07, 6.45) is 2.33. The molecule has 1 aliphatic heterocycles. The Morgan fingerprint density at radius 1 is 1.44 bits per heavy atom. The summed E-state index contributed by atoms with van der Waals surface area (Å²) in [6, 6.07) is 7.05. The van der Waals surface area contributed by atoms with Crippen LogP contribution in [0.3, 0.4) is 0 Å². The number of benzene rings is 1. The molecule has 1 fully saturated rings. The summed E-state index contributed by atoms with van der Waals surface area (Å²) < 4.78 is 0. The number of hydrogen-bond donors (Lipinski definition) is 1. The van der Waals surface area contributed by atoms with Crippen LogP contribution in [0.2, 0.25) is 0 Å². The van der Waals surface area contributed by atoms with E-state index in [0.29, 0.717) is 18.5 Å². The van der Waals surface area contributed by atoms with E-state index < -0.39 is 0 Å². The zero-order valence-corrected chi connectivity index (χ0v) is 10.3. The molecule has 2 amide bonds. The first kappa shape index (κ1) is 12.4. The summed E-state index contributed by atoms with van der Waals surface area (Å²) in [6.45, 7) is 4.39. The monoisotopic (exact) mass is 244 g/mol. The maximum atomic E-state index is 11.8. The van der Waals surface area contributed by atoms with Crippen molar-refractivity contribution in [2.24, 2.45) is 5.92 Å². The lowest BCUT2D eigenvalue weighted by Gasteiger charge is -2.16. The van der Waals surface area contributed by atoms with Crippen molar-refractivity contribution in [1.29, 1.82) is 0 Å². The zero-order chi connectivity index (χ0) is 13.1. The van der Waals surface area contributed by atoms with Crippen molar-refractivity contribution in [1.82, 2.24) is 5.32 Å². The van der Waals surface area contributed by atoms with Gasteiger partial charge in [-0.25, -0.2) is 0 Å². The molecule has 1 aromatic carbocycles. The third kappa shape index (κ3) is 2.27. The fourth-order valence-corrected chi connectivity index (χ4v) is 2.08. The molecule has 1 unspecified atom stereocenters. The van der Waals surface area contributed by atoms with Crippen molar-refractivity contribution >= 4 is 17.5 Å². The van der Waals surface area contributed by atoms with Crippen molar-refractivity contribution in [2.75, 3.05) is 18.5 Å². The minimum atomic E-state index is -0.127. The van der Waals surface area contributed by atoms with Crippen molar-refractivity contribution in [3.8, 4) is 0 Å². The van der Waals surface area contributed by atoms with Crippen molar-refractivity contribution in [3.63, 3.8) is 0 Å². The van der Waals surface area contributed by atoms with Crippen LogP contribution < -0.4 is 10.2 Å². The van der Waals surface area contributed by atoms with Crippen molar-refractivity contribution in [2.45, 2.75) is 6.42 Å². The van der Waals surface area contributed by atoms with Crippen LogP contribution in [0, 0.1) is 5.92 Å². The highest BCUT2D eigenvalue weighted by Gasteiger charge is 2.28. The maximum absolute atomic E-state index is 11.8. The van der Waals surface area contributed by atoms with E-state index in [0.717, 1.165) is 5.69 Å². The lowest BCUT2D eigenvalue weighted by Crippen LogP contribution is -2.24. The molecule has 1 aliphatic rings. The Kier molecular flexibility index (Phi) is 3.46. The minimum Gasteiger partial charge on any atom is -0.355 e. The smallest absolute Gasteiger partial charge is 0.251 e. The first-order chi connectivity index (χ1) is 8.65. The highest BCUT2D eigenvalue weighted by molar-refractivity contribution is 5.97. The van der Waals surface area contributed by atoms with E-state index in [-0.39, 0.29) is 17.7 Å². The topological polar surface area (TPSA) is 49.4 Å². The lowest BCUT2D eigenvalue weighted by molar-refractivity contribution is -0.117. The third-order valence-electron chi connectivity index (χ3n) is 3.16. The van der Waals surface area contributed by atoms with E-state index in [2.05, 4.69) is 11.9 Å². The Balaban J connectivity index is 2.17. The lowest BCUT2D eigenvalue weighted by atomic mass is 10.1.